The number of quaternary nitrogens is 2. The Kier molecular flexibility index (Phi) is 24.5. The molecule has 0 aromatic heterocycles. The molecule has 0 radical (unpaired) electrons. The van der Waals surface area contributed by atoms with Gasteiger partial charge in [0.25, 0.3) is 0 Å². The van der Waals surface area contributed by atoms with Crippen LogP contribution in [-0.4, -0.2) is 86.1 Å². The van der Waals surface area contributed by atoms with Crippen LogP contribution in [0.15, 0.2) is 0 Å². The topological polar surface area (TPSA) is 34.1 Å². The molecule has 0 bridgehead atoms. The Hall–Kier alpha value is 1.42. The van der Waals surface area contributed by atoms with Crippen LogP contribution in [0.2, 0.25) is 0 Å². The number of carbonyl (C=O) groups excluding carboxylic acids is 2. The first-order valence-corrected chi connectivity index (χ1v) is 9.74. The van der Waals surface area contributed by atoms with Crippen molar-refractivity contribution in [3.8, 4) is 0 Å². The molecule has 0 heterocycles. The molecule has 0 spiro atoms. The predicted molar refractivity (Wildman–Crippen MR) is 101 cm³/mol. The van der Waals surface area contributed by atoms with Crippen LogP contribution in [0.4, 0.5) is 0 Å². The second-order valence-corrected chi connectivity index (χ2v) is 9.76. The number of halogens is 2. The van der Waals surface area contributed by atoms with E-state index in [1.165, 1.54) is 23.5 Å². The van der Waals surface area contributed by atoms with Crippen molar-refractivity contribution >= 4 is 33.8 Å². The Morgan fingerprint density at radius 3 is 1.46 bits per heavy atom. The smallest absolute Gasteiger partial charge is 0.189 e. The largest absolute Gasteiger partial charge is 1.00 e. The molecule has 0 aromatic carbocycles. The van der Waals surface area contributed by atoms with Crippen molar-refractivity contribution in [3.05, 3.63) is 0 Å². The second kappa shape index (κ2) is 17.8. The van der Waals surface area contributed by atoms with Gasteiger partial charge >= 0.3 is 0 Å². The number of rotatable bonds is 8. The minimum atomic E-state index is 0. The maximum atomic E-state index is 11.1. The molecule has 0 amide bonds. The van der Waals surface area contributed by atoms with Crippen LogP contribution in [0.3, 0.4) is 0 Å². The number of hydrogen-bond donors (Lipinski definition) is 0. The van der Waals surface area contributed by atoms with Crippen LogP contribution in [-0.2, 0) is 9.59 Å². The summed E-state index contributed by atoms with van der Waals surface area (Å²) in [6.07, 6.45) is 1.69. The van der Waals surface area contributed by atoms with Gasteiger partial charge in [-0.2, -0.15) is 0 Å². The SMILES string of the molecule is CC(=O)SCC[N+](C)(C)C.CCCC(=O)SCC[N+](C)(C)C.[I-].[I-]. The van der Waals surface area contributed by atoms with E-state index in [1.807, 2.05) is 6.92 Å². The van der Waals surface area contributed by atoms with Gasteiger partial charge in [-0.3, -0.25) is 9.59 Å². The van der Waals surface area contributed by atoms with Gasteiger partial charge in [-0.05, 0) is 6.42 Å². The van der Waals surface area contributed by atoms with Crippen LogP contribution in [0.1, 0.15) is 26.7 Å². The zero-order valence-electron chi connectivity index (χ0n) is 16.5. The molecule has 8 heteroatoms. The van der Waals surface area contributed by atoms with Gasteiger partial charge < -0.3 is 56.9 Å². The molecule has 0 saturated carbocycles. The zero-order chi connectivity index (χ0) is 17.8. The zero-order valence-corrected chi connectivity index (χ0v) is 22.5. The summed E-state index contributed by atoms with van der Waals surface area (Å²) in [4.78, 5) is 21.6. The van der Waals surface area contributed by atoms with Crippen LogP contribution in [0.5, 0.6) is 0 Å². The summed E-state index contributed by atoms with van der Waals surface area (Å²) in [6.45, 7) is 5.75. The van der Waals surface area contributed by atoms with Gasteiger partial charge in [-0.1, -0.05) is 30.4 Å². The van der Waals surface area contributed by atoms with E-state index >= 15 is 0 Å². The lowest BCUT2D eigenvalue weighted by Gasteiger charge is -2.23. The summed E-state index contributed by atoms with van der Waals surface area (Å²) in [6, 6.07) is 0. The molecule has 0 fully saturated rings. The van der Waals surface area contributed by atoms with Crippen molar-refractivity contribution in [2.75, 3.05) is 66.9 Å². The molecule has 0 rings (SSSR count). The average Bonchev–Trinajstić information content (AvgIpc) is 2.25. The lowest BCUT2D eigenvalue weighted by atomic mass is 10.4. The van der Waals surface area contributed by atoms with E-state index < -0.39 is 0 Å². The third-order valence-corrected chi connectivity index (χ3v) is 4.25. The summed E-state index contributed by atoms with van der Waals surface area (Å²) >= 11 is 2.88. The van der Waals surface area contributed by atoms with Crippen molar-refractivity contribution < 1.29 is 66.5 Å². The number of carbonyl (C=O) groups is 2. The Balaban J connectivity index is -0.000000156. The first kappa shape index (κ1) is 33.0. The summed E-state index contributed by atoms with van der Waals surface area (Å²) in [7, 11) is 12.8. The molecular formula is C16H36I2N2O2S2. The standard InChI is InChI=1S/C9H20NOS.C7H16NOS.2HI/c1-5-6-9(11)12-8-7-10(2,3)4;1-7(9)10-6-5-8(2,3)4;;/h5-8H2,1-4H3;5-6H2,1-4H3;2*1H/q2*+1;;/p-2. The second-order valence-electron chi connectivity index (χ2n) is 7.34. The molecule has 0 aliphatic rings. The molecule has 4 nitrogen and oxygen atoms in total. The lowest BCUT2D eigenvalue weighted by molar-refractivity contribution is -0.867. The number of thioether (sulfide) groups is 2. The molecule has 0 atom stereocenters. The first-order chi connectivity index (χ1) is 9.87. The van der Waals surface area contributed by atoms with Crippen molar-refractivity contribution in [1.29, 1.82) is 0 Å². The van der Waals surface area contributed by atoms with Crippen molar-refractivity contribution in [1.82, 2.24) is 0 Å². The molecule has 0 aromatic rings. The fraction of sp³-hybridized carbons (Fsp3) is 0.875. The Labute approximate surface area is 192 Å². The highest BCUT2D eigenvalue weighted by Gasteiger charge is 2.08. The molecule has 0 saturated heterocycles. The molecule has 0 aliphatic heterocycles. The Bertz CT molecular complexity index is 331. The van der Waals surface area contributed by atoms with Crippen LogP contribution < -0.4 is 48.0 Å². The monoisotopic (exact) mass is 606 g/mol. The van der Waals surface area contributed by atoms with Crippen LogP contribution >= 0.6 is 23.5 Å². The fourth-order valence-corrected chi connectivity index (χ4v) is 3.31. The van der Waals surface area contributed by atoms with Gasteiger partial charge in [0.2, 0.25) is 0 Å². The summed E-state index contributed by atoms with van der Waals surface area (Å²) in [5.74, 6) is 1.88. The van der Waals surface area contributed by atoms with Crippen molar-refractivity contribution in [2.24, 2.45) is 0 Å². The normalized spacial score (nSPS) is 10.7. The Morgan fingerprint density at radius 1 is 0.792 bits per heavy atom. The third-order valence-electron chi connectivity index (χ3n) is 2.55. The highest BCUT2D eigenvalue weighted by atomic mass is 127. The first-order valence-electron chi connectivity index (χ1n) is 7.77. The van der Waals surface area contributed by atoms with Crippen molar-refractivity contribution in [2.45, 2.75) is 26.7 Å². The third kappa shape index (κ3) is 34.7. The summed E-state index contributed by atoms with van der Waals surface area (Å²) in [5.41, 5.74) is 0. The summed E-state index contributed by atoms with van der Waals surface area (Å²) < 4.78 is 1.87. The molecular weight excluding hydrogens is 570 g/mol. The van der Waals surface area contributed by atoms with Gasteiger partial charge in [0.1, 0.15) is 0 Å². The highest BCUT2D eigenvalue weighted by Crippen LogP contribution is 2.08. The van der Waals surface area contributed by atoms with Gasteiger partial charge in [0, 0.05) is 13.3 Å². The van der Waals surface area contributed by atoms with E-state index in [9.17, 15) is 9.59 Å². The van der Waals surface area contributed by atoms with E-state index in [0.717, 1.165) is 46.4 Å². The van der Waals surface area contributed by atoms with E-state index in [2.05, 4.69) is 42.3 Å². The maximum absolute atomic E-state index is 11.1. The molecule has 0 aliphatic carbocycles. The van der Waals surface area contributed by atoms with Gasteiger partial charge in [-0.15, -0.1) is 0 Å². The van der Waals surface area contributed by atoms with E-state index in [0.29, 0.717) is 5.12 Å². The van der Waals surface area contributed by atoms with Crippen LogP contribution in [0, 0.1) is 0 Å². The Morgan fingerprint density at radius 2 is 1.17 bits per heavy atom. The van der Waals surface area contributed by atoms with Gasteiger partial charge in [0.15, 0.2) is 10.2 Å². The van der Waals surface area contributed by atoms with Gasteiger partial charge in [-0.25, -0.2) is 0 Å². The molecule has 0 N–H and O–H groups in total. The summed E-state index contributed by atoms with van der Waals surface area (Å²) in [5, 5.41) is 0.555. The predicted octanol–water partition coefficient (Wildman–Crippen LogP) is -3.27. The van der Waals surface area contributed by atoms with Crippen LogP contribution in [0.25, 0.3) is 0 Å². The number of hydrogen-bond acceptors (Lipinski definition) is 4. The van der Waals surface area contributed by atoms with E-state index in [1.54, 1.807) is 6.92 Å². The highest BCUT2D eigenvalue weighted by molar-refractivity contribution is 8.13. The average molecular weight is 606 g/mol. The molecule has 148 valence electrons. The maximum Gasteiger partial charge on any atom is 0.189 e. The minimum Gasteiger partial charge on any atom is -1.00 e. The molecule has 0 unspecified atom stereocenters. The van der Waals surface area contributed by atoms with Crippen molar-refractivity contribution in [3.63, 3.8) is 0 Å². The van der Waals surface area contributed by atoms with E-state index in [-0.39, 0.29) is 53.1 Å². The minimum absolute atomic E-state index is 0. The quantitative estimate of drug-likeness (QED) is 0.215. The van der Waals surface area contributed by atoms with Gasteiger partial charge in [0.05, 0.1) is 66.9 Å². The fourth-order valence-electron chi connectivity index (χ4n) is 1.17. The molecule has 24 heavy (non-hydrogen) atoms. The van der Waals surface area contributed by atoms with E-state index in [4.69, 9.17) is 0 Å². The number of nitrogens with zero attached hydrogens (tertiary/aromatic N) is 2. The lowest BCUT2D eigenvalue weighted by Crippen LogP contribution is -3.00.